The maximum Gasteiger partial charge on any atom is 0.130 e. The highest BCUT2D eigenvalue weighted by Gasteiger charge is 2.23. The summed E-state index contributed by atoms with van der Waals surface area (Å²) in [5.41, 5.74) is 9.90. The second kappa shape index (κ2) is 5.70. The molecule has 1 aromatic heterocycles. The van der Waals surface area contributed by atoms with E-state index in [9.17, 15) is 0 Å². The average Bonchev–Trinajstić information content (AvgIpc) is 2.73. The predicted molar refractivity (Wildman–Crippen MR) is 83.0 cm³/mol. The third-order valence-corrected chi connectivity index (χ3v) is 4.31. The number of hydrogen-bond acceptors (Lipinski definition) is 2. The van der Waals surface area contributed by atoms with Crippen LogP contribution >= 0.6 is 0 Å². The summed E-state index contributed by atoms with van der Waals surface area (Å²) in [5.74, 6) is 1.65. The first kappa shape index (κ1) is 13.2. The fourth-order valence-corrected chi connectivity index (χ4v) is 2.93. The molecule has 20 heavy (non-hydrogen) atoms. The smallest absolute Gasteiger partial charge is 0.130 e. The number of benzene rings is 1. The summed E-state index contributed by atoms with van der Waals surface area (Å²) in [5, 5.41) is 4.81. The van der Waals surface area contributed by atoms with Gasteiger partial charge >= 0.3 is 0 Å². The zero-order chi connectivity index (χ0) is 13.9. The summed E-state index contributed by atoms with van der Waals surface area (Å²) < 4.78 is 1.92. The number of nitrogen functional groups attached to an aromatic ring is 1. The van der Waals surface area contributed by atoms with Gasteiger partial charge in [-0.15, -0.1) is 0 Å². The number of anilines is 1. The maximum atomic E-state index is 6.36. The number of rotatable bonds is 5. The maximum absolute atomic E-state index is 6.36. The molecule has 0 bridgehead atoms. The molecule has 0 unspecified atom stereocenters. The Morgan fingerprint density at radius 1 is 1.25 bits per heavy atom. The van der Waals surface area contributed by atoms with Gasteiger partial charge in [0.15, 0.2) is 0 Å². The van der Waals surface area contributed by atoms with Crippen molar-refractivity contribution in [3.05, 3.63) is 41.6 Å². The van der Waals surface area contributed by atoms with E-state index >= 15 is 0 Å². The minimum atomic E-state index is 0.823. The fourth-order valence-electron chi connectivity index (χ4n) is 2.93. The van der Waals surface area contributed by atoms with Gasteiger partial charge in [0, 0.05) is 5.56 Å². The van der Waals surface area contributed by atoms with Crippen molar-refractivity contribution in [2.24, 2.45) is 5.92 Å². The van der Waals surface area contributed by atoms with Gasteiger partial charge in [0.1, 0.15) is 5.82 Å². The molecular weight excluding hydrogens is 246 g/mol. The lowest BCUT2D eigenvalue weighted by atomic mass is 9.81. The minimum absolute atomic E-state index is 0.823. The highest BCUT2D eigenvalue weighted by molar-refractivity contribution is 5.50. The molecule has 3 heteroatoms. The van der Waals surface area contributed by atoms with Crippen LogP contribution in [-0.2, 0) is 12.8 Å². The van der Waals surface area contributed by atoms with E-state index in [1.807, 2.05) is 22.9 Å². The van der Waals surface area contributed by atoms with Gasteiger partial charge in [-0.2, -0.15) is 5.10 Å². The van der Waals surface area contributed by atoms with Gasteiger partial charge in [0.05, 0.1) is 11.4 Å². The Balaban J connectivity index is 1.96. The van der Waals surface area contributed by atoms with E-state index in [0.29, 0.717) is 0 Å². The number of para-hydroxylation sites is 1. The van der Waals surface area contributed by atoms with Gasteiger partial charge < -0.3 is 5.73 Å². The molecule has 1 fully saturated rings. The summed E-state index contributed by atoms with van der Waals surface area (Å²) in [4.78, 5) is 0. The standard InChI is InChI=1S/C17H23N3/c1-2-7-15-16(12-13-8-6-9-13)19-20(17(15)18)14-10-4-3-5-11-14/h3-5,10-11,13H,2,6-9,12,18H2,1H3. The van der Waals surface area contributed by atoms with Crippen molar-refractivity contribution in [2.75, 3.05) is 5.73 Å². The van der Waals surface area contributed by atoms with Crippen LogP contribution in [0.25, 0.3) is 5.69 Å². The van der Waals surface area contributed by atoms with Crippen LogP contribution in [-0.4, -0.2) is 9.78 Å². The second-order valence-electron chi connectivity index (χ2n) is 5.81. The summed E-state index contributed by atoms with van der Waals surface area (Å²) in [6.07, 6.45) is 7.32. The van der Waals surface area contributed by atoms with Crippen LogP contribution in [0.4, 0.5) is 5.82 Å². The molecule has 0 radical (unpaired) electrons. The molecule has 1 aliphatic carbocycles. The molecule has 3 rings (SSSR count). The lowest BCUT2D eigenvalue weighted by Crippen LogP contribution is -2.15. The van der Waals surface area contributed by atoms with Crippen LogP contribution in [0, 0.1) is 5.92 Å². The van der Waals surface area contributed by atoms with E-state index < -0.39 is 0 Å². The fraction of sp³-hybridized carbons (Fsp3) is 0.471. The number of nitrogens with two attached hydrogens (primary N) is 1. The Bertz CT molecular complexity index is 567. The van der Waals surface area contributed by atoms with Crippen molar-refractivity contribution < 1.29 is 0 Å². The van der Waals surface area contributed by atoms with Gasteiger partial charge in [0.25, 0.3) is 0 Å². The average molecular weight is 269 g/mol. The molecule has 0 spiro atoms. The quantitative estimate of drug-likeness (QED) is 0.898. The van der Waals surface area contributed by atoms with Gasteiger partial charge in [0.2, 0.25) is 0 Å². The van der Waals surface area contributed by atoms with Crippen LogP contribution in [0.2, 0.25) is 0 Å². The van der Waals surface area contributed by atoms with E-state index in [1.54, 1.807) is 0 Å². The van der Waals surface area contributed by atoms with Crippen molar-refractivity contribution in [1.82, 2.24) is 9.78 Å². The first-order chi connectivity index (χ1) is 9.79. The molecule has 0 aliphatic heterocycles. The molecule has 106 valence electrons. The molecule has 1 aromatic carbocycles. The summed E-state index contributed by atoms with van der Waals surface area (Å²) in [6, 6.07) is 10.2. The molecule has 1 saturated carbocycles. The van der Waals surface area contributed by atoms with Crippen LogP contribution in [0.15, 0.2) is 30.3 Å². The molecular formula is C17H23N3. The van der Waals surface area contributed by atoms with Crippen LogP contribution in [0.5, 0.6) is 0 Å². The Morgan fingerprint density at radius 3 is 2.60 bits per heavy atom. The van der Waals surface area contributed by atoms with Gasteiger partial charge in [-0.1, -0.05) is 50.8 Å². The first-order valence-electron chi connectivity index (χ1n) is 7.71. The van der Waals surface area contributed by atoms with Gasteiger partial charge in [-0.05, 0) is 30.9 Å². The van der Waals surface area contributed by atoms with Crippen LogP contribution in [0.1, 0.15) is 43.9 Å². The zero-order valence-electron chi connectivity index (χ0n) is 12.2. The van der Waals surface area contributed by atoms with Crippen molar-refractivity contribution >= 4 is 5.82 Å². The Labute approximate surface area is 120 Å². The molecule has 0 atom stereocenters. The highest BCUT2D eigenvalue weighted by Crippen LogP contribution is 2.32. The Kier molecular flexibility index (Phi) is 3.77. The topological polar surface area (TPSA) is 43.8 Å². The molecule has 1 aliphatic rings. The molecule has 2 N–H and O–H groups in total. The highest BCUT2D eigenvalue weighted by atomic mass is 15.3. The third-order valence-electron chi connectivity index (χ3n) is 4.31. The summed E-state index contributed by atoms with van der Waals surface area (Å²) >= 11 is 0. The number of nitrogens with zero attached hydrogens (tertiary/aromatic N) is 2. The van der Waals surface area contributed by atoms with Gasteiger partial charge in [-0.25, -0.2) is 4.68 Å². The van der Waals surface area contributed by atoms with Crippen molar-refractivity contribution in [2.45, 2.75) is 45.4 Å². The summed E-state index contributed by atoms with van der Waals surface area (Å²) in [6.45, 7) is 2.20. The predicted octanol–water partition coefficient (Wildman–Crippen LogP) is 3.75. The van der Waals surface area contributed by atoms with Crippen molar-refractivity contribution in [1.29, 1.82) is 0 Å². The Morgan fingerprint density at radius 2 is 2.00 bits per heavy atom. The molecule has 2 aromatic rings. The summed E-state index contributed by atoms with van der Waals surface area (Å²) in [7, 11) is 0. The van der Waals surface area contributed by atoms with E-state index in [0.717, 1.165) is 36.7 Å². The number of aromatic nitrogens is 2. The van der Waals surface area contributed by atoms with E-state index in [-0.39, 0.29) is 0 Å². The molecule has 3 nitrogen and oxygen atoms in total. The zero-order valence-corrected chi connectivity index (χ0v) is 12.2. The largest absolute Gasteiger partial charge is 0.383 e. The molecule has 1 heterocycles. The second-order valence-corrected chi connectivity index (χ2v) is 5.81. The van der Waals surface area contributed by atoms with Crippen molar-refractivity contribution in [3.8, 4) is 5.69 Å². The minimum Gasteiger partial charge on any atom is -0.383 e. The van der Waals surface area contributed by atoms with E-state index in [1.165, 1.54) is 30.5 Å². The number of hydrogen-bond donors (Lipinski definition) is 1. The monoisotopic (exact) mass is 269 g/mol. The molecule has 0 saturated heterocycles. The third kappa shape index (κ3) is 2.45. The van der Waals surface area contributed by atoms with Crippen molar-refractivity contribution in [3.63, 3.8) is 0 Å². The SMILES string of the molecule is CCCc1c(CC2CCC2)nn(-c2ccccc2)c1N. The van der Waals surface area contributed by atoms with Crippen LogP contribution in [0.3, 0.4) is 0 Å². The van der Waals surface area contributed by atoms with Crippen LogP contribution < -0.4 is 5.73 Å². The van der Waals surface area contributed by atoms with E-state index in [4.69, 9.17) is 10.8 Å². The Hall–Kier alpha value is -1.77. The lowest BCUT2D eigenvalue weighted by Gasteiger charge is -2.24. The van der Waals surface area contributed by atoms with Gasteiger partial charge in [-0.3, -0.25) is 0 Å². The lowest BCUT2D eigenvalue weighted by molar-refractivity contribution is 0.311. The molecule has 0 amide bonds. The normalized spacial score (nSPS) is 15.2. The van der Waals surface area contributed by atoms with E-state index in [2.05, 4.69) is 19.1 Å². The first-order valence-corrected chi connectivity index (χ1v) is 7.71.